The SMILES string of the molecule is CCc1ccc(N2CC(C(=O)Nc3ccccc3-n3cccn3)CC2=O)cc1. The zero-order valence-electron chi connectivity index (χ0n) is 15.7. The molecule has 1 fully saturated rings. The first-order chi connectivity index (χ1) is 13.7. The maximum Gasteiger partial charge on any atom is 0.229 e. The van der Waals surface area contributed by atoms with Crippen molar-refractivity contribution in [3.05, 3.63) is 72.6 Å². The molecule has 2 heterocycles. The van der Waals surface area contributed by atoms with Crippen molar-refractivity contribution in [2.45, 2.75) is 19.8 Å². The van der Waals surface area contributed by atoms with Crippen LogP contribution in [-0.2, 0) is 16.0 Å². The van der Waals surface area contributed by atoms with E-state index in [1.54, 1.807) is 15.8 Å². The first-order valence-corrected chi connectivity index (χ1v) is 9.45. The molecule has 28 heavy (non-hydrogen) atoms. The van der Waals surface area contributed by atoms with E-state index in [-0.39, 0.29) is 24.2 Å². The summed E-state index contributed by atoms with van der Waals surface area (Å²) in [5, 5.41) is 7.21. The number of benzene rings is 2. The van der Waals surface area contributed by atoms with Crippen molar-refractivity contribution in [3.63, 3.8) is 0 Å². The van der Waals surface area contributed by atoms with Crippen LogP contribution in [0.25, 0.3) is 5.69 Å². The summed E-state index contributed by atoms with van der Waals surface area (Å²) in [5.74, 6) is -0.561. The number of rotatable bonds is 5. The lowest BCUT2D eigenvalue weighted by Gasteiger charge is -2.17. The van der Waals surface area contributed by atoms with Crippen LogP contribution >= 0.6 is 0 Å². The highest BCUT2D eigenvalue weighted by atomic mass is 16.2. The van der Waals surface area contributed by atoms with Crippen LogP contribution < -0.4 is 10.2 Å². The van der Waals surface area contributed by atoms with Crippen LogP contribution in [0.4, 0.5) is 11.4 Å². The lowest BCUT2D eigenvalue weighted by Crippen LogP contribution is -2.28. The Morgan fingerprint density at radius 3 is 2.64 bits per heavy atom. The first-order valence-electron chi connectivity index (χ1n) is 9.45. The van der Waals surface area contributed by atoms with Crippen LogP contribution in [0.1, 0.15) is 18.9 Å². The lowest BCUT2D eigenvalue weighted by atomic mass is 10.1. The second kappa shape index (κ2) is 7.68. The van der Waals surface area contributed by atoms with Gasteiger partial charge in [0.05, 0.1) is 17.3 Å². The predicted molar refractivity (Wildman–Crippen MR) is 108 cm³/mol. The number of amides is 2. The summed E-state index contributed by atoms with van der Waals surface area (Å²) in [7, 11) is 0. The van der Waals surface area contributed by atoms with Gasteiger partial charge in [0.2, 0.25) is 11.8 Å². The van der Waals surface area contributed by atoms with E-state index in [1.165, 1.54) is 5.56 Å². The van der Waals surface area contributed by atoms with Gasteiger partial charge in [-0.2, -0.15) is 5.10 Å². The number of nitrogens with one attached hydrogen (secondary N) is 1. The van der Waals surface area contributed by atoms with Gasteiger partial charge in [0.25, 0.3) is 0 Å². The molecular formula is C22H22N4O2. The van der Waals surface area contributed by atoms with E-state index in [4.69, 9.17) is 0 Å². The average Bonchev–Trinajstić information content (AvgIpc) is 3.38. The Morgan fingerprint density at radius 1 is 1.14 bits per heavy atom. The number of hydrogen-bond donors (Lipinski definition) is 1. The molecule has 1 saturated heterocycles. The van der Waals surface area contributed by atoms with Crippen LogP contribution in [-0.4, -0.2) is 28.1 Å². The van der Waals surface area contributed by atoms with Gasteiger partial charge in [-0.15, -0.1) is 0 Å². The molecule has 0 saturated carbocycles. The van der Waals surface area contributed by atoms with E-state index in [0.29, 0.717) is 12.2 Å². The maximum atomic E-state index is 12.8. The largest absolute Gasteiger partial charge is 0.324 e. The molecule has 3 aromatic rings. The molecule has 0 radical (unpaired) electrons. The average molecular weight is 374 g/mol. The standard InChI is InChI=1S/C22H22N4O2/c1-2-16-8-10-18(11-9-16)25-15-17(14-21(25)27)22(28)24-19-6-3-4-7-20(19)26-13-5-12-23-26/h3-13,17H,2,14-15H2,1H3,(H,24,28). The minimum Gasteiger partial charge on any atom is -0.324 e. The molecule has 2 amide bonds. The second-order valence-electron chi connectivity index (χ2n) is 6.88. The molecular weight excluding hydrogens is 352 g/mol. The molecule has 1 atom stereocenters. The maximum absolute atomic E-state index is 12.8. The molecule has 1 aromatic heterocycles. The second-order valence-corrected chi connectivity index (χ2v) is 6.88. The first kappa shape index (κ1) is 18.0. The van der Waals surface area contributed by atoms with Crippen LogP contribution in [0.15, 0.2) is 67.0 Å². The van der Waals surface area contributed by atoms with E-state index >= 15 is 0 Å². The fourth-order valence-corrected chi connectivity index (χ4v) is 3.47. The third-order valence-corrected chi connectivity index (χ3v) is 5.07. The molecule has 1 aliphatic rings. The summed E-state index contributed by atoms with van der Waals surface area (Å²) >= 11 is 0. The number of anilines is 2. The Labute approximate surface area is 163 Å². The minimum atomic E-state index is -0.385. The van der Waals surface area contributed by atoms with Crippen molar-refractivity contribution >= 4 is 23.2 Å². The number of para-hydroxylation sites is 2. The van der Waals surface area contributed by atoms with E-state index in [9.17, 15) is 9.59 Å². The Balaban J connectivity index is 1.49. The molecule has 4 rings (SSSR count). The molecule has 2 aromatic carbocycles. The number of aryl methyl sites for hydroxylation is 1. The summed E-state index contributed by atoms with van der Waals surface area (Å²) in [6, 6.07) is 17.3. The van der Waals surface area contributed by atoms with E-state index < -0.39 is 0 Å². The smallest absolute Gasteiger partial charge is 0.229 e. The fourth-order valence-electron chi connectivity index (χ4n) is 3.47. The van der Waals surface area contributed by atoms with Gasteiger partial charge in [-0.1, -0.05) is 31.2 Å². The van der Waals surface area contributed by atoms with Crippen molar-refractivity contribution in [2.75, 3.05) is 16.8 Å². The summed E-state index contributed by atoms with van der Waals surface area (Å²) in [4.78, 5) is 27.0. The number of hydrogen-bond acceptors (Lipinski definition) is 3. The Hall–Kier alpha value is -3.41. The Bertz CT molecular complexity index is 980. The van der Waals surface area contributed by atoms with Crippen LogP contribution in [0, 0.1) is 5.92 Å². The van der Waals surface area contributed by atoms with Gasteiger partial charge in [-0.05, 0) is 42.3 Å². The quantitative estimate of drug-likeness (QED) is 0.744. The Kier molecular flexibility index (Phi) is 4.93. The van der Waals surface area contributed by atoms with Gasteiger partial charge >= 0.3 is 0 Å². The molecule has 0 spiro atoms. The van der Waals surface area contributed by atoms with Gasteiger partial charge < -0.3 is 10.2 Å². The van der Waals surface area contributed by atoms with Crippen molar-refractivity contribution in [2.24, 2.45) is 5.92 Å². The third-order valence-electron chi connectivity index (χ3n) is 5.07. The van der Waals surface area contributed by atoms with Crippen molar-refractivity contribution < 1.29 is 9.59 Å². The summed E-state index contributed by atoms with van der Waals surface area (Å²) in [6.45, 7) is 2.48. The highest BCUT2D eigenvalue weighted by Gasteiger charge is 2.35. The van der Waals surface area contributed by atoms with Crippen molar-refractivity contribution in [1.29, 1.82) is 0 Å². The monoisotopic (exact) mass is 374 g/mol. The minimum absolute atomic E-state index is 0.0234. The van der Waals surface area contributed by atoms with Crippen LogP contribution in [0.2, 0.25) is 0 Å². The van der Waals surface area contributed by atoms with Crippen molar-refractivity contribution in [1.82, 2.24) is 9.78 Å². The molecule has 0 aliphatic carbocycles. The lowest BCUT2D eigenvalue weighted by molar-refractivity contribution is -0.122. The summed E-state index contributed by atoms with van der Waals surface area (Å²) in [6.07, 6.45) is 4.68. The van der Waals surface area contributed by atoms with E-state index in [0.717, 1.165) is 17.8 Å². The van der Waals surface area contributed by atoms with Gasteiger partial charge in [0.1, 0.15) is 0 Å². The van der Waals surface area contributed by atoms with E-state index in [2.05, 4.69) is 17.3 Å². The zero-order valence-corrected chi connectivity index (χ0v) is 15.7. The number of aromatic nitrogens is 2. The van der Waals surface area contributed by atoms with Gasteiger partial charge in [0, 0.05) is 31.0 Å². The molecule has 1 N–H and O–H groups in total. The van der Waals surface area contributed by atoms with Crippen molar-refractivity contribution in [3.8, 4) is 5.69 Å². The topological polar surface area (TPSA) is 67.2 Å². The highest BCUT2D eigenvalue weighted by Crippen LogP contribution is 2.27. The fraction of sp³-hybridized carbons (Fsp3) is 0.227. The summed E-state index contributed by atoms with van der Waals surface area (Å²) < 4.78 is 1.71. The highest BCUT2D eigenvalue weighted by molar-refractivity contribution is 6.04. The number of carbonyl (C=O) groups is 2. The number of nitrogens with zero attached hydrogens (tertiary/aromatic N) is 3. The number of carbonyl (C=O) groups excluding carboxylic acids is 2. The molecule has 6 nitrogen and oxygen atoms in total. The molecule has 1 aliphatic heterocycles. The van der Waals surface area contributed by atoms with Gasteiger partial charge in [-0.25, -0.2) is 4.68 Å². The predicted octanol–water partition coefficient (Wildman–Crippen LogP) is 3.43. The van der Waals surface area contributed by atoms with Crippen LogP contribution in [0.3, 0.4) is 0 Å². The van der Waals surface area contributed by atoms with Gasteiger partial charge in [0.15, 0.2) is 0 Å². The molecule has 6 heteroatoms. The van der Waals surface area contributed by atoms with Crippen LogP contribution in [0.5, 0.6) is 0 Å². The molecule has 1 unspecified atom stereocenters. The normalized spacial score (nSPS) is 16.4. The summed E-state index contributed by atoms with van der Waals surface area (Å²) in [5.41, 5.74) is 3.53. The third kappa shape index (κ3) is 3.53. The molecule has 142 valence electrons. The van der Waals surface area contributed by atoms with Gasteiger partial charge in [-0.3, -0.25) is 9.59 Å². The zero-order chi connectivity index (χ0) is 19.5. The Morgan fingerprint density at radius 2 is 1.93 bits per heavy atom. The van der Waals surface area contributed by atoms with E-state index in [1.807, 2.05) is 60.8 Å². The molecule has 0 bridgehead atoms.